The molecule has 86 valence electrons. The molecule has 0 saturated carbocycles. The quantitative estimate of drug-likeness (QED) is 0.822. The molecular weight excluding hydrogens is 216 g/mol. The molecule has 0 aliphatic carbocycles. The molecular formula is C14H12O3. The summed E-state index contributed by atoms with van der Waals surface area (Å²) >= 11 is 0. The Morgan fingerprint density at radius 2 is 1.94 bits per heavy atom. The van der Waals surface area contributed by atoms with Crippen LogP contribution in [0.25, 0.3) is 10.8 Å². The zero-order valence-electron chi connectivity index (χ0n) is 9.43. The van der Waals surface area contributed by atoms with Gasteiger partial charge >= 0.3 is 5.97 Å². The topological polar surface area (TPSA) is 54.4 Å². The highest BCUT2D eigenvalue weighted by molar-refractivity contribution is 6.07. The highest BCUT2D eigenvalue weighted by atomic mass is 16.4. The van der Waals surface area contributed by atoms with Crippen LogP contribution >= 0.6 is 0 Å². The van der Waals surface area contributed by atoms with Crippen molar-refractivity contribution in [3.8, 4) is 0 Å². The lowest BCUT2D eigenvalue weighted by molar-refractivity contribution is -0.136. The van der Waals surface area contributed by atoms with Gasteiger partial charge in [-0.3, -0.25) is 9.59 Å². The van der Waals surface area contributed by atoms with E-state index in [9.17, 15) is 9.59 Å². The maximum Gasteiger partial charge on any atom is 0.307 e. The highest BCUT2D eigenvalue weighted by Crippen LogP contribution is 2.21. The average Bonchev–Trinajstić information content (AvgIpc) is 2.27. The second-order valence-corrected chi connectivity index (χ2v) is 3.99. The van der Waals surface area contributed by atoms with Gasteiger partial charge in [-0.05, 0) is 29.3 Å². The number of carbonyl (C=O) groups excluding carboxylic acids is 1. The van der Waals surface area contributed by atoms with E-state index in [1.54, 1.807) is 18.2 Å². The molecule has 0 amide bonds. The van der Waals surface area contributed by atoms with Gasteiger partial charge in [0.2, 0.25) is 0 Å². The second-order valence-electron chi connectivity index (χ2n) is 3.99. The summed E-state index contributed by atoms with van der Waals surface area (Å²) in [5.41, 5.74) is 1.34. The van der Waals surface area contributed by atoms with Crippen LogP contribution in [0.4, 0.5) is 0 Å². The van der Waals surface area contributed by atoms with Crippen molar-refractivity contribution < 1.29 is 14.7 Å². The zero-order valence-corrected chi connectivity index (χ0v) is 9.43. The summed E-state index contributed by atoms with van der Waals surface area (Å²) in [6.07, 6.45) is -0.0256. The standard InChI is InChI=1S/C14H12O3/c1-9(15)12-4-2-3-11-6-5-10(7-13(11)12)8-14(16)17/h2-7H,8H2,1H3,(H,16,17). The van der Waals surface area contributed by atoms with Gasteiger partial charge in [-0.1, -0.05) is 30.3 Å². The Kier molecular flexibility index (Phi) is 2.91. The molecule has 3 nitrogen and oxygen atoms in total. The van der Waals surface area contributed by atoms with Crippen molar-refractivity contribution in [3.63, 3.8) is 0 Å². The van der Waals surface area contributed by atoms with Crippen LogP contribution in [0.5, 0.6) is 0 Å². The van der Waals surface area contributed by atoms with Crippen LogP contribution in [0.3, 0.4) is 0 Å². The Bertz CT molecular complexity index is 599. The van der Waals surface area contributed by atoms with E-state index in [2.05, 4.69) is 0 Å². The van der Waals surface area contributed by atoms with Gasteiger partial charge in [0.15, 0.2) is 5.78 Å². The van der Waals surface area contributed by atoms with Gasteiger partial charge in [-0.25, -0.2) is 0 Å². The number of hydrogen-bond acceptors (Lipinski definition) is 2. The molecule has 0 aliphatic rings. The Hall–Kier alpha value is -2.16. The van der Waals surface area contributed by atoms with Gasteiger partial charge in [0.1, 0.15) is 0 Å². The molecule has 0 unspecified atom stereocenters. The summed E-state index contributed by atoms with van der Waals surface area (Å²) in [6, 6.07) is 10.9. The third kappa shape index (κ3) is 2.33. The average molecular weight is 228 g/mol. The summed E-state index contributed by atoms with van der Waals surface area (Å²) in [5.74, 6) is -0.882. The van der Waals surface area contributed by atoms with Crippen molar-refractivity contribution in [2.75, 3.05) is 0 Å². The number of fused-ring (bicyclic) bond motifs is 1. The van der Waals surface area contributed by atoms with Crippen LogP contribution < -0.4 is 0 Å². The van der Waals surface area contributed by atoms with E-state index in [0.29, 0.717) is 11.1 Å². The Labute approximate surface area is 98.7 Å². The molecule has 0 saturated heterocycles. The summed E-state index contributed by atoms with van der Waals surface area (Å²) in [5, 5.41) is 10.5. The minimum absolute atomic E-state index is 0.0110. The third-order valence-corrected chi connectivity index (χ3v) is 2.68. The number of aliphatic carboxylic acids is 1. The van der Waals surface area contributed by atoms with Crippen molar-refractivity contribution in [2.24, 2.45) is 0 Å². The number of carboxylic acids is 1. The monoisotopic (exact) mass is 228 g/mol. The molecule has 0 atom stereocenters. The van der Waals surface area contributed by atoms with E-state index in [4.69, 9.17) is 5.11 Å². The smallest absolute Gasteiger partial charge is 0.307 e. The normalized spacial score (nSPS) is 10.4. The van der Waals surface area contributed by atoms with Crippen molar-refractivity contribution >= 4 is 22.5 Å². The number of hydrogen-bond donors (Lipinski definition) is 1. The summed E-state index contributed by atoms with van der Waals surface area (Å²) in [4.78, 5) is 22.1. The first-order valence-corrected chi connectivity index (χ1v) is 5.32. The second kappa shape index (κ2) is 4.37. The Morgan fingerprint density at radius 1 is 1.18 bits per heavy atom. The SMILES string of the molecule is CC(=O)c1cccc2ccc(CC(=O)O)cc12. The minimum atomic E-state index is -0.871. The first-order chi connectivity index (χ1) is 8.08. The Morgan fingerprint density at radius 3 is 2.59 bits per heavy atom. The van der Waals surface area contributed by atoms with Crippen LogP contribution in [-0.2, 0) is 11.2 Å². The molecule has 3 heteroatoms. The molecule has 0 aliphatic heterocycles. The van der Waals surface area contributed by atoms with Crippen LogP contribution in [0, 0.1) is 0 Å². The zero-order chi connectivity index (χ0) is 12.4. The Balaban J connectivity index is 2.61. The molecule has 17 heavy (non-hydrogen) atoms. The van der Waals surface area contributed by atoms with Crippen molar-refractivity contribution in [2.45, 2.75) is 13.3 Å². The van der Waals surface area contributed by atoms with E-state index < -0.39 is 5.97 Å². The number of carbonyl (C=O) groups is 2. The van der Waals surface area contributed by atoms with Crippen LogP contribution in [-0.4, -0.2) is 16.9 Å². The fourth-order valence-corrected chi connectivity index (χ4v) is 1.91. The third-order valence-electron chi connectivity index (χ3n) is 2.68. The molecule has 0 bridgehead atoms. The molecule has 0 radical (unpaired) electrons. The summed E-state index contributed by atoms with van der Waals surface area (Å²) in [7, 11) is 0. The van der Waals surface area contributed by atoms with Gasteiger partial charge in [0, 0.05) is 5.56 Å². The molecule has 0 aromatic heterocycles. The summed E-state index contributed by atoms with van der Waals surface area (Å²) < 4.78 is 0. The van der Waals surface area contributed by atoms with E-state index in [0.717, 1.165) is 10.8 Å². The molecule has 2 aromatic carbocycles. The number of Topliss-reactive ketones (excluding diaryl/α,β-unsaturated/α-hetero) is 1. The maximum atomic E-state index is 11.5. The number of ketones is 1. The van der Waals surface area contributed by atoms with Crippen molar-refractivity contribution in [1.29, 1.82) is 0 Å². The van der Waals surface area contributed by atoms with Crippen molar-refractivity contribution in [3.05, 3.63) is 47.5 Å². The van der Waals surface area contributed by atoms with Gasteiger partial charge in [-0.15, -0.1) is 0 Å². The van der Waals surface area contributed by atoms with E-state index in [-0.39, 0.29) is 12.2 Å². The predicted molar refractivity (Wildman–Crippen MR) is 65.3 cm³/mol. The van der Waals surface area contributed by atoms with Crippen molar-refractivity contribution in [1.82, 2.24) is 0 Å². The molecule has 2 rings (SSSR count). The molecule has 2 aromatic rings. The molecule has 1 N–H and O–H groups in total. The molecule has 0 spiro atoms. The lowest BCUT2D eigenvalue weighted by Crippen LogP contribution is -2.00. The first-order valence-electron chi connectivity index (χ1n) is 5.32. The van der Waals surface area contributed by atoms with E-state index in [1.165, 1.54) is 6.92 Å². The fourth-order valence-electron chi connectivity index (χ4n) is 1.91. The molecule has 0 heterocycles. The fraction of sp³-hybridized carbons (Fsp3) is 0.143. The van der Waals surface area contributed by atoms with Gasteiger partial charge < -0.3 is 5.11 Å². The van der Waals surface area contributed by atoms with E-state index in [1.807, 2.05) is 18.2 Å². The lowest BCUT2D eigenvalue weighted by atomic mass is 9.99. The predicted octanol–water partition coefficient (Wildman–Crippen LogP) is 2.67. The first kappa shape index (κ1) is 11.3. The molecule has 0 fully saturated rings. The number of carboxylic acid groups (broad SMARTS) is 1. The number of rotatable bonds is 3. The van der Waals surface area contributed by atoms with E-state index >= 15 is 0 Å². The van der Waals surface area contributed by atoms with Crippen LogP contribution in [0.2, 0.25) is 0 Å². The van der Waals surface area contributed by atoms with Crippen LogP contribution in [0.15, 0.2) is 36.4 Å². The highest BCUT2D eigenvalue weighted by Gasteiger charge is 2.07. The lowest BCUT2D eigenvalue weighted by Gasteiger charge is -2.05. The van der Waals surface area contributed by atoms with Gasteiger partial charge in [0.25, 0.3) is 0 Å². The summed E-state index contributed by atoms with van der Waals surface area (Å²) in [6.45, 7) is 1.51. The largest absolute Gasteiger partial charge is 0.481 e. The van der Waals surface area contributed by atoms with Crippen LogP contribution in [0.1, 0.15) is 22.8 Å². The minimum Gasteiger partial charge on any atom is -0.481 e. The van der Waals surface area contributed by atoms with Gasteiger partial charge in [0.05, 0.1) is 6.42 Å². The maximum absolute atomic E-state index is 11.5. The number of benzene rings is 2. The van der Waals surface area contributed by atoms with Gasteiger partial charge in [-0.2, -0.15) is 0 Å².